The van der Waals surface area contributed by atoms with E-state index in [1.807, 2.05) is 6.07 Å². The topological polar surface area (TPSA) is 66.2 Å². The zero-order valence-corrected chi connectivity index (χ0v) is 15.5. The lowest BCUT2D eigenvalue weighted by molar-refractivity contribution is 0.0595. The number of ether oxygens (including phenoxy) is 1. The Morgan fingerprint density at radius 1 is 1.21 bits per heavy atom. The Labute approximate surface area is 163 Å². The molecule has 0 aliphatic carbocycles. The summed E-state index contributed by atoms with van der Waals surface area (Å²) in [5.74, 6) is -1.43. The molecule has 4 rings (SSSR count). The first-order valence-electron chi connectivity index (χ1n) is 8.75. The molecule has 1 saturated heterocycles. The molecule has 1 fully saturated rings. The average molecular weight is 399 g/mol. The standard InChI is InChI=1S/C20H15F2N3O2S/c21-14-9-16(22)18-17(10-14)28-20(24-18)27-15-5-7-25(8-6-15)19(26)13-3-1-12(11-23)2-4-13/h1-4,9-10,15H,5-8H2. The lowest BCUT2D eigenvalue weighted by atomic mass is 10.1. The van der Waals surface area contributed by atoms with Gasteiger partial charge in [-0.1, -0.05) is 11.3 Å². The van der Waals surface area contributed by atoms with Crippen molar-refractivity contribution in [1.82, 2.24) is 9.88 Å². The van der Waals surface area contributed by atoms with Gasteiger partial charge in [-0.2, -0.15) is 10.2 Å². The molecule has 28 heavy (non-hydrogen) atoms. The highest BCUT2D eigenvalue weighted by Crippen LogP contribution is 2.32. The largest absolute Gasteiger partial charge is 0.467 e. The molecular weight excluding hydrogens is 384 g/mol. The van der Waals surface area contributed by atoms with Gasteiger partial charge in [0.2, 0.25) is 0 Å². The maximum absolute atomic E-state index is 13.8. The predicted octanol–water partition coefficient (Wildman–Crippen LogP) is 4.13. The fourth-order valence-electron chi connectivity index (χ4n) is 3.18. The zero-order valence-electron chi connectivity index (χ0n) is 14.7. The Hall–Kier alpha value is -3.05. The second-order valence-corrected chi connectivity index (χ2v) is 7.51. The first-order valence-corrected chi connectivity index (χ1v) is 9.57. The molecule has 2 aromatic carbocycles. The summed E-state index contributed by atoms with van der Waals surface area (Å²) in [5.41, 5.74) is 1.16. The number of thiazole rings is 1. The Bertz CT molecular complexity index is 1070. The number of hydrogen-bond acceptors (Lipinski definition) is 5. The van der Waals surface area contributed by atoms with Crippen LogP contribution in [0, 0.1) is 23.0 Å². The van der Waals surface area contributed by atoms with Gasteiger partial charge in [0.05, 0.1) is 16.3 Å². The summed E-state index contributed by atoms with van der Waals surface area (Å²) < 4.78 is 33.3. The second-order valence-electron chi connectivity index (χ2n) is 6.51. The van der Waals surface area contributed by atoms with Crippen LogP contribution in [0.1, 0.15) is 28.8 Å². The maximum atomic E-state index is 13.8. The molecule has 1 aromatic heterocycles. The van der Waals surface area contributed by atoms with Crippen LogP contribution in [0.3, 0.4) is 0 Å². The van der Waals surface area contributed by atoms with Gasteiger partial charge in [-0.05, 0) is 30.3 Å². The van der Waals surface area contributed by atoms with E-state index in [1.165, 1.54) is 6.07 Å². The van der Waals surface area contributed by atoms with Crippen LogP contribution in [0.15, 0.2) is 36.4 Å². The molecule has 0 atom stereocenters. The molecular formula is C20H15F2N3O2S. The highest BCUT2D eigenvalue weighted by atomic mass is 32.1. The van der Waals surface area contributed by atoms with Crippen LogP contribution in [0.25, 0.3) is 10.2 Å². The number of halogens is 2. The molecule has 0 saturated carbocycles. The van der Waals surface area contributed by atoms with Crippen LogP contribution in [-0.4, -0.2) is 35.0 Å². The summed E-state index contributed by atoms with van der Waals surface area (Å²) in [7, 11) is 0. The molecule has 0 spiro atoms. The van der Waals surface area contributed by atoms with E-state index < -0.39 is 11.6 Å². The number of aromatic nitrogens is 1. The highest BCUT2D eigenvalue weighted by Gasteiger charge is 2.25. The van der Waals surface area contributed by atoms with Gasteiger partial charge in [0.15, 0.2) is 5.82 Å². The molecule has 0 radical (unpaired) electrons. The summed E-state index contributed by atoms with van der Waals surface area (Å²) in [5, 5.41) is 9.14. The summed E-state index contributed by atoms with van der Waals surface area (Å²) in [4.78, 5) is 18.4. The monoisotopic (exact) mass is 399 g/mol. The van der Waals surface area contributed by atoms with Crippen molar-refractivity contribution < 1.29 is 18.3 Å². The summed E-state index contributed by atoms with van der Waals surface area (Å²) >= 11 is 1.11. The van der Waals surface area contributed by atoms with E-state index in [1.54, 1.807) is 29.2 Å². The van der Waals surface area contributed by atoms with Gasteiger partial charge in [0, 0.05) is 37.6 Å². The van der Waals surface area contributed by atoms with Gasteiger partial charge in [0.25, 0.3) is 11.1 Å². The number of likely N-dealkylation sites (tertiary alicyclic amines) is 1. The Balaban J connectivity index is 1.38. The van der Waals surface area contributed by atoms with Crippen LogP contribution in [0.5, 0.6) is 5.19 Å². The molecule has 1 aliphatic rings. The van der Waals surface area contributed by atoms with E-state index in [-0.39, 0.29) is 17.5 Å². The third-order valence-electron chi connectivity index (χ3n) is 4.65. The minimum atomic E-state index is -0.705. The minimum Gasteiger partial charge on any atom is -0.467 e. The molecule has 142 valence electrons. The van der Waals surface area contributed by atoms with E-state index >= 15 is 0 Å². The van der Waals surface area contributed by atoms with Gasteiger partial charge >= 0.3 is 0 Å². The molecule has 1 amide bonds. The predicted molar refractivity (Wildman–Crippen MR) is 100 cm³/mol. The van der Waals surface area contributed by atoms with Crippen molar-refractivity contribution in [3.8, 4) is 11.3 Å². The van der Waals surface area contributed by atoms with Crippen LogP contribution in [-0.2, 0) is 0 Å². The number of amides is 1. The van der Waals surface area contributed by atoms with E-state index in [0.29, 0.717) is 47.0 Å². The van der Waals surface area contributed by atoms with Crippen molar-refractivity contribution in [2.45, 2.75) is 18.9 Å². The average Bonchev–Trinajstić information content (AvgIpc) is 3.11. The molecule has 0 N–H and O–H groups in total. The minimum absolute atomic E-state index is 0.0829. The lowest BCUT2D eigenvalue weighted by Gasteiger charge is -2.31. The number of nitriles is 1. The fourth-order valence-corrected chi connectivity index (χ4v) is 4.10. The van der Waals surface area contributed by atoms with E-state index in [9.17, 15) is 13.6 Å². The fraction of sp³-hybridized carbons (Fsp3) is 0.250. The highest BCUT2D eigenvalue weighted by molar-refractivity contribution is 7.20. The third-order valence-corrected chi connectivity index (χ3v) is 5.54. The first-order chi connectivity index (χ1) is 13.5. The van der Waals surface area contributed by atoms with Gasteiger partial charge in [-0.15, -0.1) is 0 Å². The van der Waals surface area contributed by atoms with Crippen molar-refractivity contribution in [2.75, 3.05) is 13.1 Å². The normalized spacial score (nSPS) is 14.8. The molecule has 8 heteroatoms. The van der Waals surface area contributed by atoms with Crippen molar-refractivity contribution in [3.05, 3.63) is 59.2 Å². The number of fused-ring (bicyclic) bond motifs is 1. The van der Waals surface area contributed by atoms with Gasteiger partial charge in [-0.3, -0.25) is 4.79 Å². The molecule has 0 unspecified atom stereocenters. The zero-order chi connectivity index (χ0) is 19.7. The van der Waals surface area contributed by atoms with E-state index in [2.05, 4.69) is 4.98 Å². The first kappa shape index (κ1) is 18.3. The Morgan fingerprint density at radius 3 is 2.61 bits per heavy atom. The number of rotatable bonds is 3. The Morgan fingerprint density at radius 2 is 1.93 bits per heavy atom. The molecule has 5 nitrogen and oxygen atoms in total. The Kier molecular flexibility index (Phi) is 4.92. The van der Waals surface area contributed by atoms with Crippen LogP contribution in [0.4, 0.5) is 8.78 Å². The maximum Gasteiger partial charge on any atom is 0.274 e. The number of benzene rings is 2. The molecule has 0 bridgehead atoms. The number of piperidine rings is 1. The summed E-state index contributed by atoms with van der Waals surface area (Å²) in [6.45, 7) is 1.05. The van der Waals surface area contributed by atoms with Crippen LogP contribution in [0.2, 0.25) is 0 Å². The van der Waals surface area contributed by atoms with Crippen LogP contribution < -0.4 is 4.74 Å². The van der Waals surface area contributed by atoms with Crippen molar-refractivity contribution >= 4 is 27.5 Å². The van der Waals surface area contributed by atoms with Gasteiger partial charge in [0.1, 0.15) is 17.4 Å². The van der Waals surface area contributed by atoms with E-state index in [4.69, 9.17) is 10.00 Å². The van der Waals surface area contributed by atoms with Crippen molar-refractivity contribution in [3.63, 3.8) is 0 Å². The SMILES string of the molecule is N#Cc1ccc(C(=O)N2CCC(Oc3nc4c(F)cc(F)cc4s3)CC2)cc1. The quantitative estimate of drug-likeness (QED) is 0.664. The smallest absolute Gasteiger partial charge is 0.274 e. The number of carbonyl (C=O) groups excluding carboxylic acids is 1. The third kappa shape index (κ3) is 3.66. The summed E-state index contributed by atoms with van der Waals surface area (Å²) in [6.07, 6.45) is 1.10. The lowest BCUT2D eigenvalue weighted by Crippen LogP contribution is -2.41. The second kappa shape index (κ2) is 7.52. The van der Waals surface area contributed by atoms with Crippen molar-refractivity contribution in [2.24, 2.45) is 0 Å². The van der Waals surface area contributed by atoms with Crippen LogP contribution >= 0.6 is 11.3 Å². The van der Waals surface area contributed by atoms with E-state index in [0.717, 1.165) is 17.4 Å². The van der Waals surface area contributed by atoms with Gasteiger partial charge in [-0.25, -0.2) is 8.78 Å². The molecule has 1 aliphatic heterocycles. The number of nitrogens with zero attached hydrogens (tertiary/aromatic N) is 3. The molecule has 2 heterocycles. The number of carbonyl (C=O) groups is 1. The summed E-state index contributed by atoms with van der Waals surface area (Å²) in [6, 6.07) is 10.6. The molecule has 3 aromatic rings. The van der Waals surface area contributed by atoms with Crippen molar-refractivity contribution in [1.29, 1.82) is 5.26 Å². The number of hydrogen-bond donors (Lipinski definition) is 0. The van der Waals surface area contributed by atoms with Gasteiger partial charge < -0.3 is 9.64 Å².